The van der Waals surface area contributed by atoms with Crippen LogP contribution in [0.5, 0.6) is 0 Å². The van der Waals surface area contributed by atoms with E-state index in [1.54, 1.807) is 7.11 Å². The lowest BCUT2D eigenvalue weighted by molar-refractivity contribution is -0.125. The number of likely N-dealkylation sites (tertiary alicyclic amines) is 1. The fourth-order valence-electron chi connectivity index (χ4n) is 1.97. The minimum absolute atomic E-state index is 0.0819. The third kappa shape index (κ3) is 5.02. The van der Waals surface area contributed by atoms with E-state index in [9.17, 15) is 4.79 Å². The zero-order valence-electron chi connectivity index (χ0n) is 10.9. The number of methoxy groups -OCH3 is 1. The monoisotopic (exact) mass is 243 g/mol. The largest absolute Gasteiger partial charge is 0.383 e. The summed E-state index contributed by atoms with van der Waals surface area (Å²) in [5.41, 5.74) is 5.47. The summed E-state index contributed by atoms with van der Waals surface area (Å²) in [5.74, 6) is 0.00404. The van der Waals surface area contributed by atoms with E-state index in [0.29, 0.717) is 12.6 Å². The molecule has 1 saturated heterocycles. The van der Waals surface area contributed by atoms with Crippen LogP contribution in [0.1, 0.15) is 19.8 Å². The van der Waals surface area contributed by atoms with Crippen LogP contribution < -0.4 is 11.1 Å². The lowest BCUT2D eigenvalue weighted by atomic mass is 10.0. The first-order chi connectivity index (χ1) is 8.17. The lowest BCUT2D eigenvalue weighted by Crippen LogP contribution is -2.47. The summed E-state index contributed by atoms with van der Waals surface area (Å²) < 4.78 is 5.06. The number of nitrogens with two attached hydrogens (primary N) is 1. The first-order valence-electron chi connectivity index (χ1n) is 6.39. The van der Waals surface area contributed by atoms with Crippen LogP contribution in [0, 0.1) is 5.92 Å². The molecule has 3 N–H and O–H groups in total. The number of amides is 1. The third-order valence-electron chi connectivity index (χ3n) is 3.35. The Labute approximate surface area is 104 Å². The molecule has 1 aliphatic heterocycles. The van der Waals surface area contributed by atoms with Gasteiger partial charge in [0.2, 0.25) is 5.91 Å². The first kappa shape index (κ1) is 14.4. The minimum Gasteiger partial charge on any atom is -0.383 e. The van der Waals surface area contributed by atoms with Crippen molar-refractivity contribution in [1.82, 2.24) is 10.2 Å². The Morgan fingerprint density at radius 1 is 1.53 bits per heavy atom. The molecule has 0 aliphatic carbocycles. The Bertz CT molecular complexity index is 228. The van der Waals surface area contributed by atoms with Crippen molar-refractivity contribution >= 4 is 5.91 Å². The van der Waals surface area contributed by atoms with Gasteiger partial charge in [-0.15, -0.1) is 0 Å². The number of rotatable bonds is 6. The topological polar surface area (TPSA) is 67.6 Å². The standard InChI is InChI=1S/C12H25N3O2/c1-10(9-13)12(16)14-11-3-5-15(6-4-11)7-8-17-2/h10-11H,3-9,13H2,1-2H3,(H,14,16). The molecule has 1 atom stereocenters. The number of nitrogens with one attached hydrogen (secondary N) is 1. The second kappa shape index (κ2) is 7.63. The summed E-state index contributed by atoms with van der Waals surface area (Å²) in [7, 11) is 1.72. The number of carbonyl (C=O) groups is 1. The normalized spacial score (nSPS) is 20.2. The van der Waals surface area contributed by atoms with Crippen molar-refractivity contribution in [3.05, 3.63) is 0 Å². The summed E-state index contributed by atoms with van der Waals surface area (Å²) in [6, 6.07) is 0.315. The van der Waals surface area contributed by atoms with Crippen LogP contribution in [0.25, 0.3) is 0 Å². The number of hydrogen-bond acceptors (Lipinski definition) is 4. The van der Waals surface area contributed by atoms with Crippen LogP contribution in [0.2, 0.25) is 0 Å². The fourth-order valence-corrected chi connectivity index (χ4v) is 1.97. The highest BCUT2D eigenvalue weighted by molar-refractivity contribution is 5.78. The third-order valence-corrected chi connectivity index (χ3v) is 3.35. The van der Waals surface area contributed by atoms with Gasteiger partial charge in [-0.1, -0.05) is 6.92 Å². The summed E-state index contributed by atoms with van der Waals surface area (Å²) in [5, 5.41) is 3.07. The van der Waals surface area contributed by atoms with E-state index in [4.69, 9.17) is 10.5 Å². The molecule has 1 rings (SSSR count). The van der Waals surface area contributed by atoms with Gasteiger partial charge in [-0.25, -0.2) is 0 Å². The summed E-state index contributed by atoms with van der Waals surface area (Å²) >= 11 is 0. The van der Waals surface area contributed by atoms with Gasteiger partial charge < -0.3 is 20.7 Å². The minimum atomic E-state index is -0.0819. The molecule has 1 fully saturated rings. The second-order valence-electron chi connectivity index (χ2n) is 4.75. The molecule has 0 aromatic carbocycles. The summed E-state index contributed by atoms with van der Waals surface area (Å²) in [6.07, 6.45) is 2.04. The van der Waals surface area contributed by atoms with E-state index >= 15 is 0 Å². The molecule has 17 heavy (non-hydrogen) atoms. The molecule has 5 heteroatoms. The molecule has 0 spiro atoms. The Hall–Kier alpha value is -0.650. The van der Waals surface area contributed by atoms with Gasteiger partial charge in [0.05, 0.1) is 6.61 Å². The summed E-state index contributed by atoms with van der Waals surface area (Å²) in [4.78, 5) is 14.0. The molecule has 0 bridgehead atoms. The first-order valence-corrected chi connectivity index (χ1v) is 6.39. The molecule has 0 aromatic rings. The number of ether oxygens (including phenoxy) is 1. The maximum atomic E-state index is 11.7. The molecule has 1 unspecified atom stereocenters. The van der Waals surface area contributed by atoms with Gasteiger partial charge in [-0.3, -0.25) is 4.79 Å². The van der Waals surface area contributed by atoms with Crippen molar-refractivity contribution in [2.45, 2.75) is 25.8 Å². The zero-order chi connectivity index (χ0) is 12.7. The van der Waals surface area contributed by atoms with Crippen molar-refractivity contribution < 1.29 is 9.53 Å². The van der Waals surface area contributed by atoms with Crippen LogP contribution >= 0.6 is 0 Å². The summed E-state index contributed by atoms with van der Waals surface area (Å²) in [6.45, 7) is 6.11. The van der Waals surface area contributed by atoms with Gasteiger partial charge in [-0.05, 0) is 12.8 Å². The van der Waals surface area contributed by atoms with Gasteiger partial charge >= 0.3 is 0 Å². The van der Waals surface area contributed by atoms with E-state index < -0.39 is 0 Å². The number of carbonyl (C=O) groups excluding carboxylic acids is 1. The van der Waals surface area contributed by atoms with Crippen molar-refractivity contribution in [2.24, 2.45) is 11.7 Å². The predicted molar refractivity (Wildman–Crippen MR) is 67.7 cm³/mol. The van der Waals surface area contributed by atoms with Crippen molar-refractivity contribution in [3.8, 4) is 0 Å². The zero-order valence-corrected chi connectivity index (χ0v) is 10.9. The Balaban J connectivity index is 2.20. The predicted octanol–water partition coefficient (Wildman–Crippen LogP) is -0.192. The SMILES string of the molecule is COCCN1CCC(NC(=O)C(C)CN)CC1. The molecule has 0 aromatic heterocycles. The van der Waals surface area contributed by atoms with Crippen molar-refractivity contribution in [2.75, 3.05) is 39.9 Å². The quantitative estimate of drug-likeness (QED) is 0.678. The van der Waals surface area contributed by atoms with Crippen LogP contribution in [0.4, 0.5) is 0 Å². The Kier molecular flexibility index (Phi) is 6.47. The Morgan fingerprint density at radius 2 is 2.18 bits per heavy atom. The molecule has 1 aliphatic rings. The van der Waals surface area contributed by atoms with E-state index in [1.165, 1.54) is 0 Å². The molecule has 5 nitrogen and oxygen atoms in total. The average molecular weight is 243 g/mol. The highest BCUT2D eigenvalue weighted by Gasteiger charge is 2.21. The van der Waals surface area contributed by atoms with Crippen LogP contribution in [-0.2, 0) is 9.53 Å². The van der Waals surface area contributed by atoms with E-state index in [-0.39, 0.29) is 11.8 Å². The highest BCUT2D eigenvalue weighted by Crippen LogP contribution is 2.10. The van der Waals surface area contributed by atoms with Crippen molar-refractivity contribution in [3.63, 3.8) is 0 Å². The molecule has 100 valence electrons. The number of nitrogens with zero attached hydrogens (tertiary/aromatic N) is 1. The molecule has 0 radical (unpaired) electrons. The number of hydrogen-bond donors (Lipinski definition) is 2. The van der Waals surface area contributed by atoms with E-state index in [1.807, 2.05) is 6.92 Å². The van der Waals surface area contributed by atoms with Gasteiger partial charge in [0.1, 0.15) is 0 Å². The van der Waals surface area contributed by atoms with E-state index in [0.717, 1.165) is 39.1 Å². The lowest BCUT2D eigenvalue weighted by Gasteiger charge is -2.32. The van der Waals surface area contributed by atoms with Crippen LogP contribution in [-0.4, -0.2) is 56.7 Å². The molecular formula is C12H25N3O2. The maximum Gasteiger partial charge on any atom is 0.224 e. The second-order valence-corrected chi connectivity index (χ2v) is 4.75. The number of piperidine rings is 1. The van der Waals surface area contributed by atoms with Crippen molar-refractivity contribution in [1.29, 1.82) is 0 Å². The van der Waals surface area contributed by atoms with Gasteiger partial charge in [0, 0.05) is 45.2 Å². The average Bonchev–Trinajstić information content (AvgIpc) is 2.37. The van der Waals surface area contributed by atoms with Gasteiger partial charge in [-0.2, -0.15) is 0 Å². The van der Waals surface area contributed by atoms with E-state index in [2.05, 4.69) is 10.2 Å². The molecule has 0 saturated carbocycles. The maximum absolute atomic E-state index is 11.7. The smallest absolute Gasteiger partial charge is 0.224 e. The van der Waals surface area contributed by atoms with Gasteiger partial charge in [0.15, 0.2) is 0 Å². The molecule has 1 amide bonds. The highest BCUT2D eigenvalue weighted by atomic mass is 16.5. The van der Waals surface area contributed by atoms with Crippen LogP contribution in [0.15, 0.2) is 0 Å². The molecule has 1 heterocycles. The van der Waals surface area contributed by atoms with Crippen LogP contribution in [0.3, 0.4) is 0 Å². The Morgan fingerprint density at radius 3 is 2.71 bits per heavy atom. The van der Waals surface area contributed by atoms with Gasteiger partial charge in [0.25, 0.3) is 0 Å². The fraction of sp³-hybridized carbons (Fsp3) is 0.917. The molecular weight excluding hydrogens is 218 g/mol.